The molecule has 0 bridgehead atoms. The summed E-state index contributed by atoms with van der Waals surface area (Å²) >= 11 is 0. The highest BCUT2D eigenvalue weighted by molar-refractivity contribution is 5.75. The number of fused-ring (bicyclic) bond motifs is 1. The summed E-state index contributed by atoms with van der Waals surface area (Å²) in [5, 5.41) is 0. The van der Waals surface area contributed by atoms with E-state index < -0.39 is 0 Å². The molecular weight excluding hydrogens is 214 g/mol. The van der Waals surface area contributed by atoms with Gasteiger partial charge >= 0.3 is 0 Å². The number of pyridine rings is 1. The smallest absolute Gasteiger partial charge is 0.122 e. The minimum absolute atomic E-state index is 0.544. The van der Waals surface area contributed by atoms with Crippen LogP contribution in [0.15, 0.2) is 49.1 Å². The number of ether oxygens (including phenoxy) is 1. The van der Waals surface area contributed by atoms with Crippen LogP contribution < -0.4 is 4.74 Å². The van der Waals surface area contributed by atoms with Gasteiger partial charge in [-0.15, -0.1) is 0 Å². The normalized spacial score (nSPS) is 10.6. The van der Waals surface area contributed by atoms with Crippen molar-refractivity contribution in [3.8, 4) is 5.75 Å². The third kappa shape index (κ3) is 2.10. The maximum Gasteiger partial charge on any atom is 0.122 e. The monoisotopic (exact) mass is 225 g/mol. The summed E-state index contributed by atoms with van der Waals surface area (Å²) in [4.78, 5) is 11.2. The van der Waals surface area contributed by atoms with Crippen molar-refractivity contribution in [1.29, 1.82) is 0 Å². The fourth-order valence-electron chi connectivity index (χ4n) is 1.65. The minimum atomic E-state index is 0.544. The van der Waals surface area contributed by atoms with E-state index in [1.165, 1.54) is 0 Å². The molecule has 4 heteroatoms. The van der Waals surface area contributed by atoms with E-state index in [-0.39, 0.29) is 0 Å². The van der Waals surface area contributed by atoms with E-state index >= 15 is 0 Å². The van der Waals surface area contributed by atoms with Crippen molar-refractivity contribution >= 4 is 11.0 Å². The van der Waals surface area contributed by atoms with E-state index in [1.54, 1.807) is 18.7 Å². The molecule has 4 nitrogen and oxygen atoms in total. The molecule has 0 unspecified atom stereocenters. The number of rotatable bonds is 3. The van der Waals surface area contributed by atoms with Crippen LogP contribution >= 0.6 is 0 Å². The Morgan fingerprint density at radius 1 is 1.12 bits per heavy atom. The second-order valence-electron chi connectivity index (χ2n) is 3.73. The topological polar surface area (TPSA) is 50.8 Å². The number of nitrogens with zero attached hydrogens (tertiary/aromatic N) is 2. The third-order valence-corrected chi connectivity index (χ3v) is 2.55. The van der Waals surface area contributed by atoms with E-state index in [1.807, 2.05) is 30.3 Å². The van der Waals surface area contributed by atoms with Crippen LogP contribution in [0, 0.1) is 0 Å². The van der Waals surface area contributed by atoms with Crippen LogP contribution in [0.3, 0.4) is 0 Å². The first-order valence-electron chi connectivity index (χ1n) is 5.37. The van der Waals surface area contributed by atoms with E-state index in [4.69, 9.17) is 4.74 Å². The molecule has 84 valence electrons. The molecule has 0 aliphatic heterocycles. The van der Waals surface area contributed by atoms with Gasteiger partial charge in [-0.25, -0.2) is 4.98 Å². The second kappa shape index (κ2) is 4.25. The molecule has 3 rings (SSSR count). The number of aromatic nitrogens is 3. The fraction of sp³-hybridized carbons (Fsp3) is 0.0769. The van der Waals surface area contributed by atoms with Crippen LogP contribution in [0.5, 0.6) is 5.75 Å². The molecule has 0 aliphatic carbocycles. The van der Waals surface area contributed by atoms with Crippen molar-refractivity contribution in [2.24, 2.45) is 0 Å². The highest BCUT2D eigenvalue weighted by atomic mass is 16.5. The predicted molar refractivity (Wildman–Crippen MR) is 64.7 cm³/mol. The summed E-state index contributed by atoms with van der Waals surface area (Å²) in [7, 11) is 0. The van der Waals surface area contributed by atoms with Gasteiger partial charge in [0.1, 0.15) is 12.4 Å². The Morgan fingerprint density at radius 2 is 2.00 bits per heavy atom. The standard InChI is InChI=1S/C13H11N3O/c1-2-12-13(16-9-15-12)7-11(1)17-8-10-3-5-14-6-4-10/h1-7,9H,8H2,(H,15,16). The van der Waals surface area contributed by atoms with Gasteiger partial charge in [0.15, 0.2) is 0 Å². The van der Waals surface area contributed by atoms with Crippen LogP contribution in [0.2, 0.25) is 0 Å². The third-order valence-electron chi connectivity index (χ3n) is 2.55. The van der Waals surface area contributed by atoms with Gasteiger partial charge in [-0.3, -0.25) is 4.98 Å². The summed E-state index contributed by atoms with van der Waals surface area (Å²) in [5.74, 6) is 0.832. The number of benzene rings is 1. The molecule has 2 aromatic heterocycles. The average Bonchev–Trinajstić information content (AvgIpc) is 2.85. The first kappa shape index (κ1) is 9.84. The first-order chi connectivity index (χ1) is 8.42. The summed E-state index contributed by atoms with van der Waals surface area (Å²) in [6.45, 7) is 0.544. The molecular formula is C13H11N3O. The Morgan fingerprint density at radius 3 is 2.88 bits per heavy atom. The van der Waals surface area contributed by atoms with Crippen molar-refractivity contribution in [1.82, 2.24) is 15.0 Å². The lowest BCUT2D eigenvalue weighted by molar-refractivity contribution is 0.306. The fourth-order valence-corrected chi connectivity index (χ4v) is 1.65. The van der Waals surface area contributed by atoms with Crippen molar-refractivity contribution in [3.63, 3.8) is 0 Å². The lowest BCUT2D eigenvalue weighted by Gasteiger charge is -2.05. The van der Waals surface area contributed by atoms with Gasteiger partial charge in [-0.05, 0) is 29.8 Å². The van der Waals surface area contributed by atoms with E-state index in [9.17, 15) is 0 Å². The molecule has 0 saturated heterocycles. The summed E-state index contributed by atoms with van der Waals surface area (Å²) in [6, 6.07) is 9.69. The average molecular weight is 225 g/mol. The number of hydrogen-bond acceptors (Lipinski definition) is 3. The van der Waals surface area contributed by atoms with Crippen LogP contribution in [0.25, 0.3) is 11.0 Å². The van der Waals surface area contributed by atoms with Crippen molar-refractivity contribution in [2.75, 3.05) is 0 Å². The molecule has 0 aliphatic rings. The number of hydrogen-bond donors (Lipinski definition) is 1. The van der Waals surface area contributed by atoms with Gasteiger partial charge in [0, 0.05) is 18.5 Å². The lowest BCUT2D eigenvalue weighted by atomic mass is 10.3. The van der Waals surface area contributed by atoms with Gasteiger partial charge in [-0.2, -0.15) is 0 Å². The highest BCUT2D eigenvalue weighted by Gasteiger charge is 1.99. The number of imidazole rings is 1. The van der Waals surface area contributed by atoms with Gasteiger partial charge in [0.05, 0.1) is 17.4 Å². The van der Waals surface area contributed by atoms with Gasteiger partial charge < -0.3 is 9.72 Å². The maximum absolute atomic E-state index is 5.69. The van der Waals surface area contributed by atoms with Crippen molar-refractivity contribution < 1.29 is 4.74 Å². The van der Waals surface area contributed by atoms with Crippen molar-refractivity contribution in [2.45, 2.75) is 6.61 Å². The molecule has 17 heavy (non-hydrogen) atoms. The van der Waals surface area contributed by atoms with Crippen LogP contribution in [0.1, 0.15) is 5.56 Å². The van der Waals surface area contributed by atoms with Crippen LogP contribution in [-0.4, -0.2) is 15.0 Å². The minimum Gasteiger partial charge on any atom is -0.489 e. The van der Waals surface area contributed by atoms with E-state index in [0.29, 0.717) is 6.61 Å². The van der Waals surface area contributed by atoms with Gasteiger partial charge in [-0.1, -0.05) is 0 Å². The Hall–Kier alpha value is -2.36. The number of H-pyrrole nitrogens is 1. The number of aromatic amines is 1. The molecule has 3 aromatic rings. The second-order valence-corrected chi connectivity index (χ2v) is 3.73. The summed E-state index contributed by atoms with van der Waals surface area (Å²) < 4.78 is 5.69. The van der Waals surface area contributed by atoms with Crippen molar-refractivity contribution in [3.05, 3.63) is 54.6 Å². The van der Waals surface area contributed by atoms with E-state index in [0.717, 1.165) is 22.3 Å². The zero-order valence-corrected chi connectivity index (χ0v) is 9.13. The zero-order chi connectivity index (χ0) is 11.5. The molecule has 0 spiro atoms. The Labute approximate surface area is 98.3 Å². The zero-order valence-electron chi connectivity index (χ0n) is 9.13. The summed E-state index contributed by atoms with van der Waals surface area (Å²) in [6.07, 6.45) is 5.20. The Bertz CT molecular complexity index is 619. The number of nitrogens with one attached hydrogen (secondary N) is 1. The summed E-state index contributed by atoms with van der Waals surface area (Å²) in [5.41, 5.74) is 3.03. The Kier molecular flexibility index (Phi) is 2.46. The largest absolute Gasteiger partial charge is 0.489 e. The Balaban J connectivity index is 1.76. The lowest BCUT2D eigenvalue weighted by Crippen LogP contribution is -1.95. The molecule has 0 radical (unpaired) electrons. The molecule has 1 aromatic carbocycles. The van der Waals surface area contributed by atoms with Crippen LogP contribution in [-0.2, 0) is 6.61 Å². The molecule has 2 heterocycles. The van der Waals surface area contributed by atoms with Gasteiger partial charge in [0.25, 0.3) is 0 Å². The molecule has 0 amide bonds. The molecule has 1 N–H and O–H groups in total. The van der Waals surface area contributed by atoms with Crippen LogP contribution in [0.4, 0.5) is 0 Å². The van der Waals surface area contributed by atoms with E-state index in [2.05, 4.69) is 15.0 Å². The highest BCUT2D eigenvalue weighted by Crippen LogP contribution is 2.18. The molecule has 0 atom stereocenters. The first-order valence-corrected chi connectivity index (χ1v) is 5.37. The maximum atomic E-state index is 5.69. The molecule has 0 saturated carbocycles. The SMILES string of the molecule is c1cc(COc2ccc3nc[nH]c3c2)ccn1. The van der Waals surface area contributed by atoms with Gasteiger partial charge in [0.2, 0.25) is 0 Å². The predicted octanol–water partition coefficient (Wildman–Crippen LogP) is 2.54. The molecule has 0 fully saturated rings. The quantitative estimate of drug-likeness (QED) is 0.745.